The Balaban J connectivity index is 1.61. The molecule has 22 heavy (non-hydrogen) atoms. The van der Waals surface area contributed by atoms with Gasteiger partial charge in [0.2, 0.25) is 0 Å². The van der Waals surface area contributed by atoms with Crippen molar-refractivity contribution in [1.29, 1.82) is 0 Å². The standard InChI is InChI=1S/C18H20ClFN2/c1-14-4-2-3-5-18(14)22-10-8-21(9-11-22)13-15-6-7-16(20)12-17(15)19/h2-7,12H,8-11,13H2,1H3. The molecular weight excluding hydrogens is 299 g/mol. The maximum absolute atomic E-state index is 13.1. The summed E-state index contributed by atoms with van der Waals surface area (Å²) in [6.07, 6.45) is 0. The number of benzene rings is 2. The van der Waals surface area contributed by atoms with Gasteiger partial charge < -0.3 is 4.90 Å². The Labute approximate surface area is 136 Å². The van der Waals surface area contributed by atoms with E-state index in [4.69, 9.17) is 11.6 Å². The van der Waals surface area contributed by atoms with Crippen LogP contribution >= 0.6 is 11.6 Å². The van der Waals surface area contributed by atoms with Crippen LogP contribution < -0.4 is 4.90 Å². The number of nitrogens with zero attached hydrogens (tertiary/aromatic N) is 2. The molecule has 0 atom stereocenters. The van der Waals surface area contributed by atoms with Gasteiger partial charge in [0.05, 0.1) is 0 Å². The van der Waals surface area contributed by atoms with Crippen LogP contribution in [-0.4, -0.2) is 31.1 Å². The highest BCUT2D eigenvalue weighted by atomic mass is 35.5. The lowest BCUT2D eigenvalue weighted by atomic mass is 10.1. The van der Waals surface area contributed by atoms with Gasteiger partial charge in [-0.3, -0.25) is 4.90 Å². The van der Waals surface area contributed by atoms with Gasteiger partial charge in [0.25, 0.3) is 0 Å². The average Bonchev–Trinajstić information content (AvgIpc) is 2.51. The maximum Gasteiger partial charge on any atom is 0.124 e. The second-order valence-electron chi connectivity index (χ2n) is 5.79. The van der Waals surface area contributed by atoms with E-state index in [2.05, 4.69) is 41.0 Å². The lowest BCUT2D eigenvalue weighted by molar-refractivity contribution is 0.250. The first-order valence-corrected chi connectivity index (χ1v) is 7.98. The highest BCUT2D eigenvalue weighted by Gasteiger charge is 2.19. The minimum atomic E-state index is -0.280. The zero-order chi connectivity index (χ0) is 15.5. The summed E-state index contributed by atoms with van der Waals surface area (Å²) in [5.41, 5.74) is 3.63. The number of piperazine rings is 1. The molecule has 0 spiro atoms. The van der Waals surface area contributed by atoms with Crippen LogP contribution in [0.1, 0.15) is 11.1 Å². The third-order valence-electron chi connectivity index (χ3n) is 4.24. The fourth-order valence-corrected chi connectivity index (χ4v) is 3.18. The van der Waals surface area contributed by atoms with E-state index >= 15 is 0 Å². The Bertz CT molecular complexity index is 651. The zero-order valence-electron chi connectivity index (χ0n) is 12.7. The average molecular weight is 319 g/mol. The third-order valence-corrected chi connectivity index (χ3v) is 4.59. The summed E-state index contributed by atoms with van der Waals surface area (Å²) < 4.78 is 13.1. The molecule has 116 valence electrons. The van der Waals surface area contributed by atoms with Crippen LogP contribution in [0.2, 0.25) is 5.02 Å². The lowest BCUT2D eigenvalue weighted by Gasteiger charge is -2.37. The topological polar surface area (TPSA) is 6.48 Å². The quantitative estimate of drug-likeness (QED) is 0.840. The highest BCUT2D eigenvalue weighted by molar-refractivity contribution is 6.31. The van der Waals surface area contributed by atoms with Crippen molar-refractivity contribution in [3.63, 3.8) is 0 Å². The van der Waals surface area contributed by atoms with E-state index in [9.17, 15) is 4.39 Å². The molecule has 0 saturated carbocycles. The largest absolute Gasteiger partial charge is 0.369 e. The molecule has 0 aliphatic carbocycles. The van der Waals surface area contributed by atoms with Gasteiger partial charge in [-0.25, -0.2) is 4.39 Å². The summed E-state index contributed by atoms with van der Waals surface area (Å²) in [6, 6.07) is 13.1. The molecule has 0 aromatic heterocycles. The Morgan fingerprint density at radius 2 is 1.77 bits per heavy atom. The fourth-order valence-electron chi connectivity index (χ4n) is 2.96. The van der Waals surface area contributed by atoms with E-state index in [-0.39, 0.29) is 5.82 Å². The maximum atomic E-state index is 13.1. The molecule has 1 saturated heterocycles. The van der Waals surface area contributed by atoms with Gasteiger partial charge in [0, 0.05) is 43.4 Å². The molecule has 1 aliphatic heterocycles. The summed E-state index contributed by atoms with van der Waals surface area (Å²) in [6.45, 7) is 6.91. The van der Waals surface area contributed by atoms with Gasteiger partial charge >= 0.3 is 0 Å². The van der Waals surface area contributed by atoms with Crippen LogP contribution in [0.4, 0.5) is 10.1 Å². The van der Waals surface area contributed by atoms with Crippen molar-refractivity contribution in [3.05, 3.63) is 64.4 Å². The number of aryl methyl sites for hydroxylation is 1. The molecule has 2 aromatic carbocycles. The normalized spacial score (nSPS) is 16.0. The van der Waals surface area contributed by atoms with Crippen LogP contribution in [0.25, 0.3) is 0 Å². The van der Waals surface area contributed by atoms with E-state index in [1.807, 2.05) is 0 Å². The van der Waals surface area contributed by atoms with Gasteiger partial charge in [0.15, 0.2) is 0 Å². The highest BCUT2D eigenvalue weighted by Crippen LogP contribution is 2.23. The number of halogens is 2. The Hall–Kier alpha value is -1.58. The summed E-state index contributed by atoms with van der Waals surface area (Å²) in [4.78, 5) is 4.80. The second-order valence-corrected chi connectivity index (χ2v) is 6.19. The first-order chi connectivity index (χ1) is 10.6. The fraction of sp³-hybridized carbons (Fsp3) is 0.333. The van der Waals surface area contributed by atoms with Crippen LogP contribution in [-0.2, 0) is 6.54 Å². The molecule has 3 rings (SSSR count). The van der Waals surface area contributed by atoms with E-state index in [0.717, 1.165) is 38.3 Å². The van der Waals surface area contributed by atoms with Crippen LogP contribution in [0.5, 0.6) is 0 Å². The first kappa shape index (κ1) is 15.3. The third kappa shape index (κ3) is 3.42. The molecule has 0 unspecified atom stereocenters. The van der Waals surface area contributed by atoms with Gasteiger partial charge in [0.1, 0.15) is 5.82 Å². The van der Waals surface area contributed by atoms with Crippen molar-refractivity contribution < 1.29 is 4.39 Å². The summed E-state index contributed by atoms with van der Waals surface area (Å²) in [7, 11) is 0. The van der Waals surface area contributed by atoms with Crippen molar-refractivity contribution in [3.8, 4) is 0 Å². The molecule has 0 radical (unpaired) electrons. The molecule has 2 aromatic rings. The predicted molar refractivity (Wildman–Crippen MR) is 90.1 cm³/mol. The Morgan fingerprint density at radius 1 is 1.05 bits per heavy atom. The molecule has 0 N–H and O–H groups in total. The monoisotopic (exact) mass is 318 g/mol. The molecule has 1 heterocycles. The molecule has 1 aliphatic rings. The Kier molecular flexibility index (Phi) is 4.65. The Morgan fingerprint density at radius 3 is 2.45 bits per heavy atom. The second kappa shape index (κ2) is 6.67. The summed E-state index contributed by atoms with van der Waals surface area (Å²) in [5, 5.41) is 0.515. The van der Waals surface area contributed by atoms with E-state index < -0.39 is 0 Å². The van der Waals surface area contributed by atoms with E-state index in [1.54, 1.807) is 6.07 Å². The lowest BCUT2D eigenvalue weighted by Crippen LogP contribution is -2.46. The van der Waals surface area contributed by atoms with Crippen LogP contribution in [0.15, 0.2) is 42.5 Å². The van der Waals surface area contributed by atoms with Crippen molar-refractivity contribution in [2.24, 2.45) is 0 Å². The predicted octanol–water partition coefficient (Wildman–Crippen LogP) is 4.11. The number of anilines is 1. The summed E-state index contributed by atoms with van der Waals surface area (Å²) in [5.74, 6) is -0.280. The minimum Gasteiger partial charge on any atom is -0.369 e. The van der Waals surface area contributed by atoms with Crippen molar-refractivity contribution >= 4 is 17.3 Å². The minimum absolute atomic E-state index is 0.280. The van der Waals surface area contributed by atoms with E-state index in [0.29, 0.717) is 5.02 Å². The van der Waals surface area contributed by atoms with Gasteiger partial charge in [-0.05, 0) is 36.2 Å². The smallest absolute Gasteiger partial charge is 0.124 e. The number of hydrogen-bond donors (Lipinski definition) is 0. The molecule has 0 bridgehead atoms. The molecular formula is C18H20ClFN2. The number of rotatable bonds is 3. The number of hydrogen-bond acceptors (Lipinski definition) is 2. The molecule has 2 nitrogen and oxygen atoms in total. The van der Waals surface area contributed by atoms with Crippen LogP contribution in [0.3, 0.4) is 0 Å². The zero-order valence-corrected chi connectivity index (χ0v) is 13.5. The molecule has 4 heteroatoms. The SMILES string of the molecule is Cc1ccccc1N1CCN(Cc2ccc(F)cc2Cl)CC1. The number of para-hydroxylation sites is 1. The van der Waals surface area contributed by atoms with E-state index in [1.165, 1.54) is 23.4 Å². The van der Waals surface area contributed by atoms with Crippen molar-refractivity contribution in [2.75, 3.05) is 31.1 Å². The van der Waals surface area contributed by atoms with Crippen molar-refractivity contribution in [1.82, 2.24) is 4.90 Å². The molecule has 0 amide bonds. The van der Waals surface area contributed by atoms with Gasteiger partial charge in [-0.15, -0.1) is 0 Å². The summed E-state index contributed by atoms with van der Waals surface area (Å²) >= 11 is 6.12. The first-order valence-electron chi connectivity index (χ1n) is 7.60. The van der Waals surface area contributed by atoms with Gasteiger partial charge in [-0.2, -0.15) is 0 Å². The van der Waals surface area contributed by atoms with Crippen molar-refractivity contribution in [2.45, 2.75) is 13.5 Å². The van der Waals surface area contributed by atoms with Crippen LogP contribution in [0, 0.1) is 12.7 Å². The molecule has 1 fully saturated rings. The van der Waals surface area contributed by atoms with Gasteiger partial charge in [-0.1, -0.05) is 35.9 Å².